The maximum Gasteiger partial charge on any atom is 0.136 e. The molecular weight excluding hydrogens is 600 g/mol. The summed E-state index contributed by atoms with van der Waals surface area (Å²) in [6, 6.07) is 4.51. The second kappa shape index (κ2) is 20.6. The molecule has 0 aliphatic carbocycles. The molecule has 6 heteroatoms. The van der Waals surface area contributed by atoms with Crippen molar-refractivity contribution in [2.75, 3.05) is 0 Å². The van der Waals surface area contributed by atoms with E-state index in [4.69, 9.17) is 0 Å². The summed E-state index contributed by atoms with van der Waals surface area (Å²) in [4.78, 5) is 2.18. The molecule has 0 amide bonds. The number of rotatable bonds is 24. The molecule has 2 aliphatic rings. The summed E-state index contributed by atoms with van der Waals surface area (Å²) in [7, 11) is 0. The molecule has 0 fully saturated rings. The molecule has 4 heterocycles. The van der Waals surface area contributed by atoms with E-state index in [9.17, 15) is 0 Å². The Bertz CT molecular complexity index is 1190. The number of hydrogen-bond acceptors (Lipinski definition) is 5. The minimum absolute atomic E-state index is 0.121. The quantitative estimate of drug-likeness (QED) is 0.0894. The molecule has 0 saturated heterocycles. The summed E-state index contributed by atoms with van der Waals surface area (Å²) in [5.41, 5.74) is 5.35. The van der Waals surface area contributed by atoms with E-state index in [1.807, 2.05) is 6.20 Å². The molecule has 0 spiro atoms. The minimum atomic E-state index is -0.121. The number of aryl methyl sites for hydroxylation is 2. The Hall–Kier alpha value is -1.50. The number of halogens is 1. The molecule has 0 atom stereocenters. The van der Waals surface area contributed by atoms with Crippen LogP contribution in [0.5, 0.6) is 0 Å². The Morgan fingerprint density at radius 2 is 1.05 bits per heavy atom. The minimum Gasteiger partial charge on any atom is -0.316 e. The highest BCUT2D eigenvalue weighted by molar-refractivity contribution is 7.95. The molecule has 2 nitrogen and oxygen atoms in total. The fourth-order valence-electron chi connectivity index (χ4n) is 6.30. The van der Waals surface area contributed by atoms with Gasteiger partial charge >= 0.3 is 0 Å². The zero-order chi connectivity index (χ0) is 30.8. The summed E-state index contributed by atoms with van der Waals surface area (Å²) < 4.78 is 21.3. The summed E-state index contributed by atoms with van der Waals surface area (Å²) in [5, 5.41) is 4.51. The smallest absolute Gasteiger partial charge is 0.136 e. The van der Waals surface area contributed by atoms with E-state index in [2.05, 4.69) is 45.8 Å². The first kappa shape index (κ1) is 35.4. The lowest BCUT2D eigenvalue weighted by molar-refractivity contribution is 0.556. The number of allylic oxidation sites excluding steroid dienone is 3. The van der Waals surface area contributed by atoms with E-state index in [-0.39, 0.29) is 5.83 Å². The number of unbranched alkanes of at least 4 members (excludes halogenated alkanes) is 18. The topological polar surface area (TPSA) is 15.3 Å². The third kappa shape index (κ3) is 11.4. The Kier molecular flexibility index (Phi) is 16.5. The third-order valence-corrected chi connectivity index (χ3v) is 11.8. The van der Waals surface area contributed by atoms with Crippen LogP contribution in [0.15, 0.2) is 46.7 Å². The van der Waals surface area contributed by atoms with Crippen LogP contribution < -0.4 is 4.72 Å². The molecule has 244 valence electrons. The van der Waals surface area contributed by atoms with Gasteiger partial charge in [-0.3, -0.25) is 4.31 Å². The van der Waals surface area contributed by atoms with Crippen LogP contribution in [0.2, 0.25) is 0 Å². The van der Waals surface area contributed by atoms with Crippen LogP contribution in [0.1, 0.15) is 163 Å². The highest BCUT2D eigenvalue weighted by Crippen LogP contribution is 2.47. The lowest BCUT2D eigenvalue weighted by Gasteiger charge is -2.26. The van der Waals surface area contributed by atoms with E-state index in [1.54, 1.807) is 40.9 Å². The SMILES string of the molecule is CCCCCCCCCCCCc1csc(C2=CC(F)=C(c3cc(CCCCCCCCCCCC)cs3)C3=CNSN32)c1. The molecule has 2 aromatic rings. The van der Waals surface area contributed by atoms with E-state index < -0.39 is 0 Å². The largest absolute Gasteiger partial charge is 0.316 e. The van der Waals surface area contributed by atoms with Crippen LogP contribution in [0.4, 0.5) is 4.39 Å². The van der Waals surface area contributed by atoms with Gasteiger partial charge in [-0.1, -0.05) is 129 Å². The van der Waals surface area contributed by atoms with E-state index in [0.29, 0.717) is 0 Å². The molecule has 1 N–H and O–H groups in total. The number of hydrogen-bond donors (Lipinski definition) is 1. The maximum atomic E-state index is 15.8. The second-order valence-corrected chi connectivity index (χ2v) is 15.4. The van der Waals surface area contributed by atoms with E-state index in [0.717, 1.165) is 39.6 Å². The lowest BCUT2D eigenvalue weighted by Crippen LogP contribution is -2.15. The highest BCUT2D eigenvalue weighted by Gasteiger charge is 2.32. The highest BCUT2D eigenvalue weighted by atomic mass is 32.2. The average Bonchev–Trinajstić information content (AvgIpc) is 3.81. The van der Waals surface area contributed by atoms with Gasteiger partial charge in [0.25, 0.3) is 0 Å². The van der Waals surface area contributed by atoms with Crippen LogP contribution in [0.25, 0.3) is 11.3 Å². The fraction of sp³-hybridized carbons (Fsp3) is 0.632. The fourth-order valence-corrected chi connectivity index (χ4v) is 9.07. The predicted octanol–water partition coefficient (Wildman–Crippen LogP) is 13.8. The van der Waals surface area contributed by atoms with Gasteiger partial charge in [0.2, 0.25) is 0 Å². The van der Waals surface area contributed by atoms with Crippen LogP contribution in [-0.2, 0) is 12.8 Å². The van der Waals surface area contributed by atoms with Crippen molar-refractivity contribution < 1.29 is 4.39 Å². The first-order valence-electron chi connectivity index (χ1n) is 17.9. The summed E-state index contributed by atoms with van der Waals surface area (Å²) >= 11 is 4.97. The van der Waals surface area contributed by atoms with Gasteiger partial charge in [-0.2, -0.15) is 0 Å². The summed E-state index contributed by atoms with van der Waals surface area (Å²) in [5.74, 6) is -0.121. The zero-order valence-electron chi connectivity index (χ0n) is 27.6. The number of nitrogens with zero attached hydrogens (tertiary/aromatic N) is 1. The van der Waals surface area contributed by atoms with Gasteiger partial charge in [0.15, 0.2) is 0 Å². The normalized spacial score (nSPS) is 14.7. The van der Waals surface area contributed by atoms with Crippen molar-refractivity contribution >= 4 is 46.1 Å². The van der Waals surface area contributed by atoms with Crippen molar-refractivity contribution in [2.24, 2.45) is 0 Å². The Labute approximate surface area is 281 Å². The van der Waals surface area contributed by atoms with Gasteiger partial charge in [-0.15, -0.1) is 22.7 Å². The van der Waals surface area contributed by atoms with Gasteiger partial charge in [-0.25, -0.2) is 4.39 Å². The average molecular weight is 657 g/mol. The molecule has 2 aromatic heterocycles. The van der Waals surface area contributed by atoms with Gasteiger partial charge < -0.3 is 4.72 Å². The van der Waals surface area contributed by atoms with Gasteiger partial charge in [0, 0.05) is 17.2 Å². The molecule has 44 heavy (non-hydrogen) atoms. The number of fused-ring (bicyclic) bond motifs is 1. The van der Waals surface area contributed by atoms with Crippen LogP contribution in [0, 0.1) is 0 Å². The molecule has 0 saturated carbocycles. The van der Waals surface area contributed by atoms with Gasteiger partial charge in [-0.05, 0) is 59.7 Å². The molecule has 2 aliphatic heterocycles. The van der Waals surface area contributed by atoms with Crippen LogP contribution >= 0.6 is 34.8 Å². The summed E-state index contributed by atoms with van der Waals surface area (Å²) in [6.07, 6.45) is 33.1. The molecule has 0 radical (unpaired) electrons. The molecule has 0 aromatic carbocycles. The first-order chi connectivity index (χ1) is 21.7. The number of nitrogens with one attached hydrogen (secondary N) is 1. The molecule has 0 bridgehead atoms. The van der Waals surface area contributed by atoms with Gasteiger partial charge in [0.05, 0.1) is 34.0 Å². The van der Waals surface area contributed by atoms with Crippen molar-refractivity contribution in [1.29, 1.82) is 0 Å². The molecule has 4 rings (SSSR count). The van der Waals surface area contributed by atoms with Crippen molar-refractivity contribution in [1.82, 2.24) is 9.03 Å². The first-order valence-corrected chi connectivity index (χ1v) is 20.4. The van der Waals surface area contributed by atoms with E-state index >= 15 is 4.39 Å². The standard InChI is InChI=1S/C38H57FN2S3/c1-3-5-7-9-11-13-15-17-19-21-23-31-25-36(42-29-31)34-27-33(39)38(35-28-40-44-41(34)35)37-26-32(30-43-37)24-22-20-18-16-14-12-10-8-6-4-2/h25-30,40H,3-24H2,1-2H3. The summed E-state index contributed by atoms with van der Waals surface area (Å²) in [6.45, 7) is 4.56. The van der Waals surface area contributed by atoms with Crippen LogP contribution in [-0.4, -0.2) is 4.31 Å². The number of thiophene rings is 2. The van der Waals surface area contributed by atoms with Crippen molar-refractivity contribution in [2.45, 2.75) is 155 Å². The second-order valence-electron chi connectivity index (χ2n) is 12.8. The van der Waals surface area contributed by atoms with Crippen LogP contribution in [0.3, 0.4) is 0 Å². The van der Waals surface area contributed by atoms with Crippen molar-refractivity contribution in [3.63, 3.8) is 0 Å². The Morgan fingerprint density at radius 1 is 0.591 bits per heavy atom. The lowest BCUT2D eigenvalue weighted by atomic mass is 10.0. The third-order valence-electron chi connectivity index (χ3n) is 8.98. The zero-order valence-corrected chi connectivity index (χ0v) is 30.0. The van der Waals surface area contributed by atoms with Crippen molar-refractivity contribution in [3.8, 4) is 0 Å². The maximum absolute atomic E-state index is 15.8. The molecular formula is C38H57FN2S3. The Balaban J connectivity index is 1.22. The van der Waals surface area contributed by atoms with Crippen molar-refractivity contribution in [3.05, 3.63) is 67.6 Å². The predicted molar refractivity (Wildman–Crippen MR) is 196 cm³/mol. The Morgan fingerprint density at radius 3 is 1.57 bits per heavy atom. The monoisotopic (exact) mass is 656 g/mol. The van der Waals surface area contributed by atoms with E-state index in [1.165, 1.54) is 140 Å². The van der Waals surface area contributed by atoms with Gasteiger partial charge in [0.1, 0.15) is 5.83 Å². The molecule has 0 unspecified atom stereocenters.